The summed E-state index contributed by atoms with van der Waals surface area (Å²) >= 11 is 6.29. The number of hydrogen-bond donors (Lipinski definition) is 3. The zero-order valence-electron chi connectivity index (χ0n) is 17.0. The molecular formula is C21H21ClN6O2. The first-order chi connectivity index (χ1) is 14.3. The predicted molar refractivity (Wildman–Crippen MR) is 121 cm³/mol. The molecule has 0 fully saturated rings. The molecule has 0 radical (unpaired) electrons. The molecule has 0 unspecified atom stereocenters. The van der Waals surface area contributed by atoms with Gasteiger partial charge in [-0.05, 0) is 55.3 Å². The van der Waals surface area contributed by atoms with Gasteiger partial charge < -0.3 is 20.0 Å². The van der Waals surface area contributed by atoms with E-state index in [1.54, 1.807) is 18.2 Å². The molecule has 0 spiro atoms. The van der Waals surface area contributed by atoms with Gasteiger partial charge in [-0.3, -0.25) is 4.98 Å². The molecule has 2 aromatic heterocycles. The summed E-state index contributed by atoms with van der Waals surface area (Å²) < 4.78 is 5.02. The zero-order chi connectivity index (χ0) is 21.4. The summed E-state index contributed by atoms with van der Waals surface area (Å²) in [4.78, 5) is 24.8. The first-order valence-corrected chi connectivity index (χ1v) is 9.66. The topological polar surface area (TPSA) is 99.1 Å². The van der Waals surface area contributed by atoms with Crippen LogP contribution in [0.2, 0.25) is 5.02 Å². The molecule has 0 aliphatic carbocycles. The average molecular weight is 425 g/mol. The Bertz CT molecular complexity index is 1290. The summed E-state index contributed by atoms with van der Waals surface area (Å²) in [6.07, 6.45) is 1.53. The number of hydrogen-bond acceptors (Lipinski definition) is 7. The van der Waals surface area contributed by atoms with Crippen molar-refractivity contribution in [3.63, 3.8) is 0 Å². The predicted octanol–water partition coefficient (Wildman–Crippen LogP) is 4.73. The smallest absolute Gasteiger partial charge is 0.408 e. The molecule has 0 bridgehead atoms. The van der Waals surface area contributed by atoms with Crippen LogP contribution >= 0.6 is 11.6 Å². The van der Waals surface area contributed by atoms with Crippen molar-refractivity contribution >= 4 is 51.5 Å². The minimum absolute atomic E-state index is 0.371. The van der Waals surface area contributed by atoms with Crippen LogP contribution in [-0.4, -0.2) is 29.0 Å². The number of nitrogens with one attached hydrogen (secondary N) is 3. The number of oxazole rings is 1. The van der Waals surface area contributed by atoms with Crippen molar-refractivity contribution in [2.45, 2.75) is 13.8 Å². The van der Waals surface area contributed by atoms with Gasteiger partial charge in [-0.1, -0.05) is 11.6 Å². The van der Waals surface area contributed by atoms with Crippen LogP contribution in [0.25, 0.3) is 11.1 Å². The maximum atomic E-state index is 11.3. The summed E-state index contributed by atoms with van der Waals surface area (Å²) in [5, 5.41) is 6.77. The standard InChI is InChI=1S/C21H21ClN6O2/c1-11-7-14(9-17(12(11)2)28(3)4)25-20-23-10-15(22)19(27-20)24-13-5-6-18-16(8-13)26-21(29)30-18/h5-10H,1-4H3,(H,26,29)(H2,23,24,25,27). The minimum atomic E-state index is -0.501. The van der Waals surface area contributed by atoms with Crippen molar-refractivity contribution in [1.82, 2.24) is 15.0 Å². The molecule has 4 rings (SSSR count). The van der Waals surface area contributed by atoms with Gasteiger partial charge in [-0.15, -0.1) is 0 Å². The largest absolute Gasteiger partial charge is 0.417 e. The lowest BCUT2D eigenvalue weighted by Gasteiger charge is -2.19. The van der Waals surface area contributed by atoms with Gasteiger partial charge in [0.1, 0.15) is 5.02 Å². The van der Waals surface area contributed by atoms with Crippen LogP contribution in [0.1, 0.15) is 11.1 Å². The normalized spacial score (nSPS) is 11.0. The molecular weight excluding hydrogens is 404 g/mol. The number of rotatable bonds is 5. The third-order valence-corrected chi connectivity index (χ3v) is 5.08. The Morgan fingerprint density at radius 3 is 2.67 bits per heavy atom. The van der Waals surface area contributed by atoms with Crippen LogP contribution in [0.15, 0.2) is 45.7 Å². The van der Waals surface area contributed by atoms with Crippen LogP contribution in [0.5, 0.6) is 0 Å². The number of nitrogens with zero attached hydrogens (tertiary/aromatic N) is 3. The van der Waals surface area contributed by atoms with Gasteiger partial charge >= 0.3 is 5.76 Å². The molecule has 154 valence electrons. The van der Waals surface area contributed by atoms with Crippen LogP contribution in [0.3, 0.4) is 0 Å². The number of halogens is 1. The second kappa shape index (κ2) is 7.72. The number of anilines is 5. The molecule has 2 heterocycles. The van der Waals surface area contributed by atoms with Gasteiger partial charge in [0.2, 0.25) is 5.95 Å². The Hall–Kier alpha value is -3.52. The lowest BCUT2D eigenvalue weighted by molar-refractivity contribution is 0.555. The fourth-order valence-corrected chi connectivity index (χ4v) is 3.33. The molecule has 2 aromatic carbocycles. The zero-order valence-corrected chi connectivity index (χ0v) is 17.8. The van der Waals surface area contributed by atoms with Crippen LogP contribution < -0.4 is 21.3 Å². The summed E-state index contributed by atoms with van der Waals surface area (Å²) in [6.45, 7) is 4.17. The lowest BCUT2D eigenvalue weighted by Crippen LogP contribution is -2.11. The monoisotopic (exact) mass is 424 g/mol. The van der Waals surface area contributed by atoms with Gasteiger partial charge in [0.05, 0.1) is 11.7 Å². The number of aromatic amines is 1. The Morgan fingerprint density at radius 2 is 1.90 bits per heavy atom. The molecule has 8 nitrogen and oxygen atoms in total. The maximum Gasteiger partial charge on any atom is 0.417 e. The fraction of sp³-hybridized carbons (Fsp3) is 0.190. The molecule has 0 atom stereocenters. The SMILES string of the molecule is Cc1cc(Nc2ncc(Cl)c(Nc3ccc4oc(=O)[nH]c4c3)n2)cc(N(C)C)c1C. The Kier molecular flexibility index (Phi) is 5.09. The number of H-pyrrole nitrogens is 1. The van der Waals surface area contributed by atoms with Gasteiger partial charge in [0, 0.05) is 31.2 Å². The molecule has 0 aliphatic heterocycles. The van der Waals surface area contributed by atoms with E-state index in [1.807, 2.05) is 14.1 Å². The molecule has 0 amide bonds. The van der Waals surface area contributed by atoms with Crippen molar-refractivity contribution in [2.75, 3.05) is 29.6 Å². The first kappa shape index (κ1) is 19.8. The first-order valence-electron chi connectivity index (χ1n) is 9.28. The van der Waals surface area contributed by atoms with E-state index in [1.165, 1.54) is 17.3 Å². The highest BCUT2D eigenvalue weighted by Crippen LogP contribution is 2.29. The Labute approximate surface area is 177 Å². The molecule has 30 heavy (non-hydrogen) atoms. The molecule has 0 aliphatic rings. The van der Waals surface area contributed by atoms with Gasteiger partial charge in [0.25, 0.3) is 0 Å². The van der Waals surface area contributed by atoms with Crippen molar-refractivity contribution in [1.29, 1.82) is 0 Å². The third kappa shape index (κ3) is 3.95. The number of aryl methyl sites for hydroxylation is 1. The number of aromatic nitrogens is 3. The quantitative estimate of drug-likeness (QED) is 0.425. The van der Waals surface area contributed by atoms with E-state index < -0.39 is 5.76 Å². The Balaban J connectivity index is 1.62. The third-order valence-electron chi connectivity index (χ3n) is 4.80. The van der Waals surface area contributed by atoms with Crippen LogP contribution in [-0.2, 0) is 0 Å². The van der Waals surface area contributed by atoms with E-state index >= 15 is 0 Å². The molecule has 3 N–H and O–H groups in total. The number of fused-ring (bicyclic) bond motifs is 1. The second-order valence-electron chi connectivity index (χ2n) is 7.20. The molecule has 0 saturated carbocycles. The minimum Gasteiger partial charge on any atom is -0.408 e. The van der Waals surface area contributed by atoms with Crippen LogP contribution in [0.4, 0.5) is 28.8 Å². The molecule has 9 heteroatoms. The van der Waals surface area contributed by atoms with Crippen LogP contribution in [0, 0.1) is 13.8 Å². The lowest BCUT2D eigenvalue weighted by atomic mass is 10.1. The van der Waals surface area contributed by atoms with Gasteiger partial charge in [0.15, 0.2) is 11.4 Å². The van der Waals surface area contributed by atoms with E-state index in [2.05, 4.69) is 56.5 Å². The number of benzene rings is 2. The van der Waals surface area contributed by atoms with Crippen molar-refractivity contribution in [3.05, 3.63) is 63.2 Å². The average Bonchev–Trinajstić information content (AvgIpc) is 3.06. The second-order valence-corrected chi connectivity index (χ2v) is 7.60. The summed E-state index contributed by atoms with van der Waals surface area (Å²) in [6, 6.07) is 9.32. The summed E-state index contributed by atoms with van der Waals surface area (Å²) in [5.74, 6) is 0.350. The van der Waals surface area contributed by atoms with E-state index in [0.29, 0.717) is 33.6 Å². The van der Waals surface area contributed by atoms with Crippen molar-refractivity contribution < 1.29 is 4.42 Å². The van der Waals surface area contributed by atoms with E-state index in [9.17, 15) is 4.79 Å². The molecule has 0 saturated heterocycles. The van der Waals surface area contributed by atoms with E-state index in [4.69, 9.17) is 16.0 Å². The highest BCUT2D eigenvalue weighted by Gasteiger charge is 2.11. The van der Waals surface area contributed by atoms with Gasteiger partial charge in [-0.25, -0.2) is 9.78 Å². The van der Waals surface area contributed by atoms with Crippen molar-refractivity contribution in [3.8, 4) is 0 Å². The van der Waals surface area contributed by atoms with Crippen molar-refractivity contribution in [2.24, 2.45) is 0 Å². The van der Waals surface area contributed by atoms with E-state index in [0.717, 1.165) is 11.4 Å². The van der Waals surface area contributed by atoms with Gasteiger partial charge in [-0.2, -0.15) is 4.98 Å². The molecule has 4 aromatic rings. The fourth-order valence-electron chi connectivity index (χ4n) is 3.19. The highest BCUT2D eigenvalue weighted by molar-refractivity contribution is 6.32. The highest BCUT2D eigenvalue weighted by atomic mass is 35.5. The summed E-state index contributed by atoms with van der Waals surface area (Å²) in [7, 11) is 4.02. The Morgan fingerprint density at radius 1 is 1.10 bits per heavy atom. The maximum absolute atomic E-state index is 11.3. The van der Waals surface area contributed by atoms with E-state index in [-0.39, 0.29) is 0 Å². The summed E-state index contributed by atoms with van der Waals surface area (Å²) in [5.41, 5.74) is 6.15.